The van der Waals surface area contributed by atoms with E-state index in [0.717, 1.165) is 10.0 Å². The first kappa shape index (κ1) is 12.9. The molecule has 1 aromatic carbocycles. The number of benzene rings is 1. The second kappa shape index (κ2) is 6.45. The Labute approximate surface area is 104 Å². The van der Waals surface area contributed by atoms with Gasteiger partial charge in [-0.15, -0.1) is 0 Å². The fourth-order valence-corrected chi connectivity index (χ4v) is 1.78. The molecule has 0 heterocycles. The SMILES string of the molecule is Cc1cc(Br)ccc1C(=O)NC/C=C/CN. The van der Waals surface area contributed by atoms with E-state index in [2.05, 4.69) is 21.2 Å². The first-order valence-corrected chi connectivity index (χ1v) is 5.84. The molecule has 4 heteroatoms. The van der Waals surface area contributed by atoms with Gasteiger partial charge in [-0.2, -0.15) is 0 Å². The van der Waals surface area contributed by atoms with E-state index < -0.39 is 0 Å². The summed E-state index contributed by atoms with van der Waals surface area (Å²) < 4.78 is 0.976. The fourth-order valence-electron chi connectivity index (χ4n) is 1.31. The number of halogens is 1. The molecule has 1 amide bonds. The van der Waals surface area contributed by atoms with E-state index >= 15 is 0 Å². The predicted molar refractivity (Wildman–Crippen MR) is 69.4 cm³/mol. The minimum Gasteiger partial charge on any atom is -0.349 e. The van der Waals surface area contributed by atoms with Crippen molar-refractivity contribution in [3.63, 3.8) is 0 Å². The minimum atomic E-state index is -0.0633. The van der Waals surface area contributed by atoms with Gasteiger partial charge in [-0.05, 0) is 30.7 Å². The molecule has 0 fully saturated rings. The van der Waals surface area contributed by atoms with Crippen molar-refractivity contribution in [1.82, 2.24) is 5.32 Å². The molecule has 16 heavy (non-hydrogen) atoms. The Morgan fingerprint density at radius 2 is 2.25 bits per heavy atom. The number of amides is 1. The highest BCUT2D eigenvalue weighted by Crippen LogP contribution is 2.15. The summed E-state index contributed by atoms with van der Waals surface area (Å²) in [6.45, 7) is 2.91. The molecule has 1 aromatic rings. The van der Waals surface area contributed by atoms with Crippen molar-refractivity contribution in [3.8, 4) is 0 Å². The molecule has 3 nitrogen and oxygen atoms in total. The number of hydrogen-bond donors (Lipinski definition) is 2. The summed E-state index contributed by atoms with van der Waals surface area (Å²) in [5, 5.41) is 2.80. The van der Waals surface area contributed by atoms with Crippen LogP contribution in [0.5, 0.6) is 0 Å². The predicted octanol–water partition coefficient (Wildman–Crippen LogP) is 2.00. The molecular formula is C12H15BrN2O. The van der Waals surface area contributed by atoms with E-state index in [9.17, 15) is 4.79 Å². The van der Waals surface area contributed by atoms with E-state index in [4.69, 9.17) is 5.73 Å². The van der Waals surface area contributed by atoms with Crippen molar-refractivity contribution in [2.75, 3.05) is 13.1 Å². The molecule has 0 aliphatic rings. The lowest BCUT2D eigenvalue weighted by molar-refractivity contribution is 0.0957. The second-order valence-corrected chi connectivity index (χ2v) is 4.29. The molecule has 0 aliphatic carbocycles. The third-order valence-electron chi connectivity index (χ3n) is 2.12. The van der Waals surface area contributed by atoms with E-state index in [1.54, 1.807) is 6.07 Å². The van der Waals surface area contributed by atoms with Gasteiger partial charge >= 0.3 is 0 Å². The monoisotopic (exact) mass is 282 g/mol. The standard InChI is InChI=1S/C12H15BrN2O/c1-9-8-10(13)4-5-11(9)12(16)15-7-3-2-6-14/h2-5,8H,6-7,14H2,1H3,(H,15,16)/b3-2+. The molecule has 0 radical (unpaired) electrons. The van der Waals surface area contributed by atoms with Gasteiger partial charge in [-0.3, -0.25) is 4.79 Å². The first-order valence-electron chi connectivity index (χ1n) is 5.04. The Hall–Kier alpha value is -1.13. The van der Waals surface area contributed by atoms with Gasteiger partial charge in [0, 0.05) is 23.1 Å². The van der Waals surface area contributed by atoms with Crippen molar-refractivity contribution < 1.29 is 4.79 Å². The topological polar surface area (TPSA) is 55.1 Å². The molecule has 0 atom stereocenters. The third kappa shape index (κ3) is 3.79. The van der Waals surface area contributed by atoms with Gasteiger partial charge in [-0.25, -0.2) is 0 Å². The molecule has 0 saturated heterocycles. The Morgan fingerprint density at radius 1 is 1.50 bits per heavy atom. The van der Waals surface area contributed by atoms with Crippen molar-refractivity contribution >= 4 is 21.8 Å². The highest BCUT2D eigenvalue weighted by molar-refractivity contribution is 9.10. The lowest BCUT2D eigenvalue weighted by Gasteiger charge is -2.06. The van der Waals surface area contributed by atoms with Crippen LogP contribution in [0.2, 0.25) is 0 Å². The van der Waals surface area contributed by atoms with Crippen LogP contribution in [-0.4, -0.2) is 19.0 Å². The molecular weight excluding hydrogens is 268 g/mol. The summed E-state index contributed by atoms with van der Waals surface area (Å²) in [6, 6.07) is 5.59. The van der Waals surface area contributed by atoms with Crippen LogP contribution < -0.4 is 11.1 Å². The molecule has 0 bridgehead atoms. The minimum absolute atomic E-state index is 0.0633. The van der Waals surface area contributed by atoms with E-state index in [-0.39, 0.29) is 5.91 Å². The number of rotatable bonds is 4. The normalized spacial score (nSPS) is 10.7. The molecule has 86 valence electrons. The Kier molecular flexibility index (Phi) is 5.22. The number of hydrogen-bond acceptors (Lipinski definition) is 2. The number of nitrogens with two attached hydrogens (primary N) is 1. The molecule has 3 N–H and O–H groups in total. The van der Waals surface area contributed by atoms with E-state index in [1.807, 2.05) is 31.2 Å². The lowest BCUT2D eigenvalue weighted by Crippen LogP contribution is -2.24. The zero-order valence-corrected chi connectivity index (χ0v) is 10.8. The fraction of sp³-hybridized carbons (Fsp3) is 0.250. The smallest absolute Gasteiger partial charge is 0.251 e. The first-order chi connectivity index (χ1) is 7.65. The van der Waals surface area contributed by atoms with Gasteiger partial charge in [-0.1, -0.05) is 28.1 Å². The quantitative estimate of drug-likeness (QED) is 0.830. The summed E-state index contributed by atoms with van der Waals surface area (Å²) in [4.78, 5) is 11.7. The van der Waals surface area contributed by atoms with Crippen LogP contribution in [0.4, 0.5) is 0 Å². The van der Waals surface area contributed by atoms with Crippen LogP contribution in [-0.2, 0) is 0 Å². The average Bonchev–Trinajstić information content (AvgIpc) is 2.24. The molecule has 0 aromatic heterocycles. The molecule has 0 unspecified atom stereocenters. The van der Waals surface area contributed by atoms with Crippen molar-refractivity contribution in [2.45, 2.75) is 6.92 Å². The zero-order chi connectivity index (χ0) is 12.0. The van der Waals surface area contributed by atoms with Gasteiger partial charge in [0.1, 0.15) is 0 Å². The number of nitrogens with one attached hydrogen (secondary N) is 1. The van der Waals surface area contributed by atoms with Crippen LogP contribution in [0.1, 0.15) is 15.9 Å². The van der Waals surface area contributed by atoms with Crippen molar-refractivity contribution in [3.05, 3.63) is 46.0 Å². The number of carbonyl (C=O) groups excluding carboxylic acids is 1. The largest absolute Gasteiger partial charge is 0.349 e. The third-order valence-corrected chi connectivity index (χ3v) is 2.61. The number of aryl methyl sites for hydroxylation is 1. The van der Waals surface area contributed by atoms with Crippen LogP contribution >= 0.6 is 15.9 Å². The lowest BCUT2D eigenvalue weighted by atomic mass is 10.1. The van der Waals surface area contributed by atoms with Crippen molar-refractivity contribution in [1.29, 1.82) is 0 Å². The summed E-state index contributed by atoms with van der Waals surface area (Å²) in [6.07, 6.45) is 3.65. The van der Waals surface area contributed by atoms with Gasteiger partial charge in [0.2, 0.25) is 0 Å². The second-order valence-electron chi connectivity index (χ2n) is 3.38. The van der Waals surface area contributed by atoms with Crippen LogP contribution in [0.15, 0.2) is 34.8 Å². The van der Waals surface area contributed by atoms with Crippen LogP contribution in [0.25, 0.3) is 0 Å². The van der Waals surface area contributed by atoms with E-state index in [0.29, 0.717) is 18.7 Å². The van der Waals surface area contributed by atoms with Gasteiger partial charge in [0.15, 0.2) is 0 Å². The average molecular weight is 283 g/mol. The Balaban J connectivity index is 2.63. The maximum atomic E-state index is 11.7. The van der Waals surface area contributed by atoms with Crippen molar-refractivity contribution in [2.24, 2.45) is 5.73 Å². The highest BCUT2D eigenvalue weighted by Gasteiger charge is 2.07. The maximum Gasteiger partial charge on any atom is 0.251 e. The zero-order valence-electron chi connectivity index (χ0n) is 9.16. The molecule has 0 saturated carbocycles. The van der Waals surface area contributed by atoms with Gasteiger partial charge < -0.3 is 11.1 Å². The highest BCUT2D eigenvalue weighted by atomic mass is 79.9. The summed E-state index contributed by atoms with van der Waals surface area (Å²) in [7, 11) is 0. The van der Waals surface area contributed by atoms with Gasteiger partial charge in [0.05, 0.1) is 0 Å². The molecule has 0 spiro atoms. The van der Waals surface area contributed by atoms with Crippen LogP contribution in [0, 0.1) is 6.92 Å². The van der Waals surface area contributed by atoms with E-state index in [1.165, 1.54) is 0 Å². The Bertz CT molecular complexity index is 402. The summed E-state index contributed by atoms with van der Waals surface area (Å²) >= 11 is 3.36. The maximum absolute atomic E-state index is 11.7. The molecule has 1 rings (SSSR count). The van der Waals surface area contributed by atoms with Gasteiger partial charge in [0.25, 0.3) is 5.91 Å². The molecule has 0 aliphatic heterocycles. The Morgan fingerprint density at radius 3 is 2.88 bits per heavy atom. The summed E-state index contributed by atoms with van der Waals surface area (Å²) in [5.41, 5.74) is 6.94. The summed E-state index contributed by atoms with van der Waals surface area (Å²) in [5.74, 6) is -0.0633. The van der Waals surface area contributed by atoms with Crippen LogP contribution in [0.3, 0.4) is 0 Å². The number of carbonyl (C=O) groups is 1.